The average Bonchev–Trinajstić information content (AvgIpc) is 3.50. The van der Waals surface area contributed by atoms with Gasteiger partial charge in [0, 0.05) is 17.9 Å². The van der Waals surface area contributed by atoms with E-state index in [9.17, 15) is 4.79 Å². The van der Waals surface area contributed by atoms with Crippen LogP contribution in [0.5, 0.6) is 0 Å². The number of carbonyl (C=O) groups excluding carboxylic acids is 1. The van der Waals surface area contributed by atoms with Crippen LogP contribution in [0.1, 0.15) is 105 Å². The molecule has 2 aliphatic carbocycles. The van der Waals surface area contributed by atoms with Crippen LogP contribution in [0.3, 0.4) is 0 Å². The number of benzene rings is 3. The normalized spacial score (nSPS) is 19.9. The second-order valence-electron chi connectivity index (χ2n) is 13.7. The topological polar surface area (TPSA) is 17.1 Å². The fourth-order valence-corrected chi connectivity index (χ4v) is 7.44. The first-order chi connectivity index (χ1) is 21.9. The van der Waals surface area contributed by atoms with E-state index in [-0.39, 0.29) is 5.92 Å². The summed E-state index contributed by atoms with van der Waals surface area (Å²) < 4.78 is 0. The maximum Gasteiger partial charge on any atom is 0.140 e. The molecule has 0 N–H and O–H groups in total. The molecule has 1 nitrogen and oxygen atoms in total. The van der Waals surface area contributed by atoms with Gasteiger partial charge in [0.25, 0.3) is 0 Å². The van der Waals surface area contributed by atoms with E-state index in [4.69, 9.17) is 6.42 Å². The van der Waals surface area contributed by atoms with Crippen LogP contribution in [0, 0.1) is 30.1 Å². The van der Waals surface area contributed by atoms with Gasteiger partial charge in [-0.1, -0.05) is 103 Å². The molecular weight excluding hydrogens is 544 g/mol. The maximum absolute atomic E-state index is 14.0. The second-order valence-corrected chi connectivity index (χ2v) is 13.7. The molecule has 5 rings (SSSR count). The fraction of sp³-hybridized carbons (Fsp3) is 0.386. The molecule has 0 aromatic heterocycles. The number of Topliss-reactive ketones (excluding diaryl/α,β-unsaturated/α-hetero) is 1. The zero-order chi connectivity index (χ0) is 31.6. The van der Waals surface area contributed by atoms with Crippen molar-refractivity contribution in [3.8, 4) is 12.3 Å². The molecule has 0 heterocycles. The summed E-state index contributed by atoms with van der Waals surface area (Å²) in [5, 5.41) is 0. The van der Waals surface area contributed by atoms with Gasteiger partial charge in [-0.25, -0.2) is 0 Å². The van der Waals surface area contributed by atoms with Crippen LogP contribution >= 0.6 is 0 Å². The molecule has 45 heavy (non-hydrogen) atoms. The number of hydrogen-bond acceptors (Lipinski definition) is 1. The Kier molecular flexibility index (Phi) is 11.5. The number of aryl methyl sites for hydroxylation is 2. The van der Waals surface area contributed by atoms with Gasteiger partial charge < -0.3 is 0 Å². The molecule has 1 fully saturated rings. The van der Waals surface area contributed by atoms with Crippen molar-refractivity contribution in [3.05, 3.63) is 137 Å². The van der Waals surface area contributed by atoms with E-state index in [2.05, 4.69) is 111 Å². The molecule has 3 aromatic rings. The summed E-state index contributed by atoms with van der Waals surface area (Å²) in [6.07, 6.45) is 24.1. The maximum atomic E-state index is 14.0. The lowest BCUT2D eigenvalue weighted by Gasteiger charge is -2.34. The largest absolute Gasteiger partial charge is 0.299 e. The minimum atomic E-state index is -0.0311. The third kappa shape index (κ3) is 9.08. The zero-order valence-corrected chi connectivity index (χ0v) is 27.4. The Morgan fingerprint density at radius 3 is 2.33 bits per heavy atom. The van der Waals surface area contributed by atoms with Crippen LogP contribution in [0.25, 0.3) is 5.57 Å². The number of ketones is 1. The van der Waals surface area contributed by atoms with E-state index >= 15 is 0 Å². The van der Waals surface area contributed by atoms with Gasteiger partial charge >= 0.3 is 0 Å². The van der Waals surface area contributed by atoms with Gasteiger partial charge in [0.1, 0.15) is 5.78 Å². The van der Waals surface area contributed by atoms with E-state index in [1.165, 1.54) is 51.8 Å². The molecule has 2 unspecified atom stereocenters. The molecule has 1 saturated carbocycles. The molecule has 0 amide bonds. The molecule has 232 valence electrons. The minimum absolute atomic E-state index is 0.0311. The van der Waals surface area contributed by atoms with Gasteiger partial charge in [-0.15, -0.1) is 13.0 Å². The predicted molar refractivity (Wildman–Crippen MR) is 191 cm³/mol. The van der Waals surface area contributed by atoms with Gasteiger partial charge in [0.15, 0.2) is 0 Å². The molecule has 0 bridgehead atoms. The minimum Gasteiger partial charge on any atom is -0.299 e. The van der Waals surface area contributed by atoms with Crippen molar-refractivity contribution in [2.24, 2.45) is 17.8 Å². The molecule has 0 spiro atoms. The first-order valence-corrected chi connectivity index (χ1v) is 17.2. The van der Waals surface area contributed by atoms with Crippen LogP contribution < -0.4 is 0 Å². The van der Waals surface area contributed by atoms with Crippen LogP contribution in [0.4, 0.5) is 0 Å². The van der Waals surface area contributed by atoms with Gasteiger partial charge in [-0.2, -0.15) is 0 Å². The standard InChI is InChI=1S/C44H50O/c1-5-37-21-18-36(31-41(37)14-10-9-11-32(2)3)30-35-16-22-39(23-17-35)44(43(45)28-19-34-12-7-6-8-13-34)40-26-24-38(25-27-40)42-20-15-33(4)29-42/h1,6-8,12-13,15,18,20-21,24-27,29,31,33,35,39,44H,2,9-11,14,16-17,19,22-23,28,30H2,3-4H3. The first kappa shape index (κ1) is 32.5. The quantitative estimate of drug-likeness (QED) is 0.103. The van der Waals surface area contributed by atoms with Crippen LogP contribution in [-0.2, 0) is 24.1 Å². The number of allylic oxidation sites excluding steroid dienone is 5. The highest BCUT2D eigenvalue weighted by molar-refractivity contribution is 5.86. The third-order valence-electron chi connectivity index (χ3n) is 9.99. The molecule has 3 aromatic carbocycles. The number of terminal acetylenes is 1. The fourth-order valence-electron chi connectivity index (χ4n) is 7.44. The van der Waals surface area contributed by atoms with E-state index in [1.807, 2.05) is 6.07 Å². The SMILES string of the molecule is C#Cc1ccc(CC2CCC(C(C(=O)CCc3ccccc3)c3ccc(C4=CC(C)C=C4)cc3)CC2)cc1CCCCC(=C)C. The van der Waals surface area contributed by atoms with Crippen molar-refractivity contribution in [2.45, 2.75) is 90.4 Å². The van der Waals surface area contributed by atoms with Crippen molar-refractivity contribution in [2.75, 3.05) is 0 Å². The molecule has 0 aliphatic heterocycles. The lowest BCUT2D eigenvalue weighted by Crippen LogP contribution is -2.27. The van der Waals surface area contributed by atoms with Crippen molar-refractivity contribution >= 4 is 11.4 Å². The van der Waals surface area contributed by atoms with Crippen LogP contribution in [0.15, 0.2) is 103 Å². The zero-order valence-electron chi connectivity index (χ0n) is 27.4. The van der Waals surface area contributed by atoms with E-state index < -0.39 is 0 Å². The summed E-state index contributed by atoms with van der Waals surface area (Å²) in [5.74, 6) is 4.80. The summed E-state index contributed by atoms with van der Waals surface area (Å²) in [4.78, 5) is 14.0. The van der Waals surface area contributed by atoms with E-state index in [0.717, 1.165) is 56.9 Å². The number of hydrogen-bond donors (Lipinski definition) is 0. The van der Waals surface area contributed by atoms with Crippen molar-refractivity contribution in [3.63, 3.8) is 0 Å². The van der Waals surface area contributed by atoms with E-state index in [1.54, 1.807) is 0 Å². The summed E-state index contributed by atoms with van der Waals surface area (Å²) in [6, 6.07) is 26.1. The van der Waals surface area contributed by atoms with Gasteiger partial charge in [0.2, 0.25) is 0 Å². The first-order valence-electron chi connectivity index (χ1n) is 17.2. The summed E-state index contributed by atoms with van der Waals surface area (Å²) >= 11 is 0. The number of unbranched alkanes of at least 4 members (excludes halogenated alkanes) is 1. The van der Waals surface area contributed by atoms with Crippen molar-refractivity contribution in [1.82, 2.24) is 0 Å². The summed E-state index contributed by atoms with van der Waals surface area (Å²) in [6.45, 7) is 8.36. The highest BCUT2D eigenvalue weighted by Crippen LogP contribution is 2.41. The van der Waals surface area contributed by atoms with Crippen LogP contribution in [0.2, 0.25) is 0 Å². The lowest BCUT2D eigenvalue weighted by atomic mass is 9.70. The van der Waals surface area contributed by atoms with Gasteiger partial charge in [-0.3, -0.25) is 4.79 Å². The predicted octanol–water partition coefficient (Wildman–Crippen LogP) is 10.9. The Bertz CT molecular complexity index is 1540. The van der Waals surface area contributed by atoms with Gasteiger partial charge in [-0.05, 0) is 128 Å². The smallest absolute Gasteiger partial charge is 0.140 e. The number of rotatable bonds is 14. The van der Waals surface area contributed by atoms with Gasteiger partial charge in [0.05, 0.1) is 0 Å². The molecule has 0 saturated heterocycles. The Morgan fingerprint density at radius 2 is 1.67 bits per heavy atom. The Hall–Kier alpha value is -3.89. The Morgan fingerprint density at radius 1 is 0.911 bits per heavy atom. The molecule has 0 radical (unpaired) electrons. The average molecular weight is 595 g/mol. The highest BCUT2D eigenvalue weighted by atomic mass is 16.1. The Balaban J connectivity index is 1.25. The molecule has 2 aliphatic rings. The summed E-state index contributed by atoms with van der Waals surface area (Å²) in [5.41, 5.74) is 9.97. The highest BCUT2D eigenvalue weighted by Gasteiger charge is 2.33. The summed E-state index contributed by atoms with van der Waals surface area (Å²) in [7, 11) is 0. The van der Waals surface area contributed by atoms with Crippen molar-refractivity contribution in [1.29, 1.82) is 0 Å². The second kappa shape index (κ2) is 15.9. The monoisotopic (exact) mass is 594 g/mol. The Labute approximate surface area is 272 Å². The van der Waals surface area contributed by atoms with E-state index in [0.29, 0.717) is 30.0 Å². The molecule has 1 heteroatoms. The molecular formula is C44H50O. The van der Waals surface area contributed by atoms with Crippen LogP contribution in [-0.4, -0.2) is 5.78 Å². The lowest BCUT2D eigenvalue weighted by molar-refractivity contribution is -0.122. The third-order valence-corrected chi connectivity index (χ3v) is 9.99. The van der Waals surface area contributed by atoms with Crippen molar-refractivity contribution < 1.29 is 4.79 Å². The molecule has 2 atom stereocenters. The number of carbonyl (C=O) groups is 1.